The van der Waals surface area contributed by atoms with Gasteiger partial charge < -0.3 is 4.40 Å². The Morgan fingerprint density at radius 1 is 0.962 bits per heavy atom. The van der Waals surface area contributed by atoms with Crippen molar-refractivity contribution in [1.82, 2.24) is 9.38 Å². The second-order valence-corrected chi connectivity index (χ2v) is 5.71. The maximum Gasteiger partial charge on any atom is 0.264 e. The van der Waals surface area contributed by atoms with Gasteiger partial charge in [0.15, 0.2) is 0 Å². The standard InChI is InChI=1S/C21H14N4O/c22-14-16-6-4-5-9-19(16)21(26)25(17-7-2-1-3-8-17)18-10-11-20-23-12-13-24(20)15-18/h1-13,15H. The molecule has 2 heterocycles. The Labute approximate surface area is 150 Å². The number of hydrogen-bond acceptors (Lipinski definition) is 3. The number of nitriles is 1. The SMILES string of the molecule is N#Cc1ccccc1C(=O)N(c1ccccc1)c1ccc2nccn2c1. The van der Waals surface area contributed by atoms with E-state index < -0.39 is 0 Å². The Morgan fingerprint density at radius 2 is 1.73 bits per heavy atom. The first-order valence-corrected chi connectivity index (χ1v) is 8.09. The number of anilines is 2. The smallest absolute Gasteiger partial charge is 0.264 e. The summed E-state index contributed by atoms with van der Waals surface area (Å²) in [5.41, 5.74) is 2.93. The molecule has 0 bridgehead atoms. The summed E-state index contributed by atoms with van der Waals surface area (Å²) >= 11 is 0. The normalized spacial score (nSPS) is 10.4. The molecule has 0 N–H and O–H groups in total. The third-order valence-electron chi connectivity index (χ3n) is 4.13. The van der Waals surface area contributed by atoms with Gasteiger partial charge in [0.1, 0.15) is 5.65 Å². The summed E-state index contributed by atoms with van der Waals surface area (Å²) in [5.74, 6) is -0.257. The summed E-state index contributed by atoms with van der Waals surface area (Å²) in [6, 6.07) is 22.0. The highest BCUT2D eigenvalue weighted by Gasteiger charge is 2.22. The van der Waals surface area contributed by atoms with Gasteiger partial charge in [0.2, 0.25) is 0 Å². The van der Waals surface area contributed by atoms with Crippen LogP contribution in [0.4, 0.5) is 11.4 Å². The van der Waals surface area contributed by atoms with Crippen molar-refractivity contribution in [2.45, 2.75) is 0 Å². The molecule has 26 heavy (non-hydrogen) atoms. The topological polar surface area (TPSA) is 61.4 Å². The number of amides is 1. The first-order valence-electron chi connectivity index (χ1n) is 8.09. The zero-order valence-corrected chi connectivity index (χ0v) is 13.8. The average molecular weight is 338 g/mol. The van der Waals surface area contributed by atoms with Crippen molar-refractivity contribution in [1.29, 1.82) is 5.26 Å². The van der Waals surface area contributed by atoms with E-state index in [1.165, 1.54) is 0 Å². The fraction of sp³-hybridized carbons (Fsp3) is 0. The molecule has 124 valence electrons. The van der Waals surface area contributed by atoms with Crippen molar-refractivity contribution in [3.05, 3.63) is 96.4 Å². The minimum absolute atomic E-state index is 0.257. The van der Waals surface area contributed by atoms with E-state index in [-0.39, 0.29) is 5.91 Å². The van der Waals surface area contributed by atoms with Crippen molar-refractivity contribution in [3.8, 4) is 6.07 Å². The van der Waals surface area contributed by atoms with Gasteiger partial charge in [0.05, 0.1) is 22.9 Å². The lowest BCUT2D eigenvalue weighted by Gasteiger charge is -2.23. The molecule has 0 saturated heterocycles. The zero-order chi connectivity index (χ0) is 17.9. The third-order valence-corrected chi connectivity index (χ3v) is 4.13. The van der Waals surface area contributed by atoms with Crippen LogP contribution in [0, 0.1) is 11.3 Å². The molecule has 2 aromatic carbocycles. The van der Waals surface area contributed by atoms with E-state index in [2.05, 4.69) is 11.1 Å². The number of pyridine rings is 1. The molecule has 0 spiro atoms. The van der Waals surface area contributed by atoms with Gasteiger partial charge in [-0.25, -0.2) is 4.98 Å². The summed E-state index contributed by atoms with van der Waals surface area (Å²) in [5, 5.41) is 9.37. The molecule has 1 amide bonds. The number of fused-ring (bicyclic) bond motifs is 1. The Bertz CT molecular complexity index is 1130. The fourth-order valence-corrected chi connectivity index (χ4v) is 2.89. The number of nitrogens with zero attached hydrogens (tertiary/aromatic N) is 4. The van der Waals surface area contributed by atoms with Crippen molar-refractivity contribution in [2.24, 2.45) is 0 Å². The number of imidazole rings is 1. The lowest BCUT2D eigenvalue weighted by atomic mass is 10.1. The lowest BCUT2D eigenvalue weighted by Crippen LogP contribution is -2.27. The Morgan fingerprint density at radius 3 is 2.54 bits per heavy atom. The third kappa shape index (κ3) is 2.70. The van der Waals surface area contributed by atoms with Crippen molar-refractivity contribution in [2.75, 3.05) is 4.90 Å². The van der Waals surface area contributed by atoms with E-state index in [1.54, 1.807) is 35.4 Å². The highest BCUT2D eigenvalue weighted by atomic mass is 16.2. The molecule has 0 aliphatic rings. The van der Waals surface area contributed by atoms with Crippen LogP contribution >= 0.6 is 0 Å². The van der Waals surface area contributed by atoms with Gasteiger partial charge in [-0.1, -0.05) is 30.3 Å². The summed E-state index contributed by atoms with van der Waals surface area (Å²) < 4.78 is 1.86. The van der Waals surface area contributed by atoms with Gasteiger partial charge in [0.25, 0.3) is 5.91 Å². The van der Waals surface area contributed by atoms with Crippen LogP contribution in [0.15, 0.2) is 85.3 Å². The summed E-state index contributed by atoms with van der Waals surface area (Å²) in [7, 11) is 0. The molecule has 5 nitrogen and oxygen atoms in total. The number of carbonyl (C=O) groups is 1. The second kappa shape index (κ2) is 6.54. The molecule has 0 fully saturated rings. The molecule has 0 aliphatic carbocycles. The Balaban J connectivity index is 1.88. The Hall–Kier alpha value is -3.91. The predicted octanol–water partition coefficient (Wildman–Crippen LogP) is 4.18. The molecule has 4 aromatic rings. The molecule has 4 rings (SSSR count). The minimum atomic E-state index is -0.257. The molecular weight excluding hydrogens is 324 g/mol. The highest BCUT2D eigenvalue weighted by molar-refractivity contribution is 6.12. The van der Waals surface area contributed by atoms with E-state index in [1.807, 2.05) is 59.3 Å². The first-order chi connectivity index (χ1) is 12.8. The van der Waals surface area contributed by atoms with E-state index in [9.17, 15) is 10.1 Å². The molecule has 0 unspecified atom stereocenters. The van der Waals surface area contributed by atoms with Crippen LogP contribution in [-0.4, -0.2) is 15.3 Å². The predicted molar refractivity (Wildman–Crippen MR) is 99.3 cm³/mol. The first kappa shape index (κ1) is 15.6. The molecule has 0 saturated carbocycles. The van der Waals surface area contributed by atoms with Gasteiger partial charge in [-0.3, -0.25) is 9.69 Å². The average Bonchev–Trinajstić information content (AvgIpc) is 3.17. The van der Waals surface area contributed by atoms with Crippen molar-refractivity contribution in [3.63, 3.8) is 0 Å². The number of rotatable bonds is 3. The van der Waals surface area contributed by atoms with Crippen LogP contribution < -0.4 is 4.90 Å². The van der Waals surface area contributed by atoms with Crippen molar-refractivity contribution >= 4 is 22.9 Å². The van der Waals surface area contributed by atoms with Crippen LogP contribution in [0.2, 0.25) is 0 Å². The fourth-order valence-electron chi connectivity index (χ4n) is 2.89. The second-order valence-electron chi connectivity index (χ2n) is 5.71. The van der Waals surface area contributed by atoms with E-state index in [4.69, 9.17) is 0 Å². The molecule has 0 aliphatic heterocycles. The van der Waals surface area contributed by atoms with Gasteiger partial charge in [0, 0.05) is 24.3 Å². The van der Waals surface area contributed by atoms with E-state index in [0.717, 1.165) is 11.3 Å². The zero-order valence-electron chi connectivity index (χ0n) is 13.8. The van der Waals surface area contributed by atoms with Gasteiger partial charge in [-0.05, 0) is 36.4 Å². The van der Waals surface area contributed by atoms with Crippen LogP contribution in [0.1, 0.15) is 15.9 Å². The highest BCUT2D eigenvalue weighted by Crippen LogP contribution is 2.28. The molecular formula is C21H14N4O. The number of benzene rings is 2. The van der Waals surface area contributed by atoms with Crippen molar-refractivity contribution < 1.29 is 4.79 Å². The maximum atomic E-state index is 13.3. The minimum Gasteiger partial charge on any atom is -0.305 e. The van der Waals surface area contributed by atoms with E-state index >= 15 is 0 Å². The van der Waals surface area contributed by atoms with Crippen LogP contribution in [0.3, 0.4) is 0 Å². The van der Waals surface area contributed by atoms with Crippen LogP contribution in [0.25, 0.3) is 5.65 Å². The van der Waals surface area contributed by atoms with E-state index in [0.29, 0.717) is 16.8 Å². The van der Waals surface area contributed by atoms with Gasteiger partial charge >= 0.3 is 0 Å². The number of aromatic nitrogens is 2. The Kier molecular flexibility index (Phi) is 3.92. The quantitative estimate of drug-likeness (QED) is 0.563. The number of carbonyl (C=O) groups excluding carboxylic acids is 1. The van der Waals surface area contributed by atoms with Gasteiger partial charge in [-0.2, -0.15) is 5.26 Å². The summed E-state index contributed by atoms with van der Waals surface area (Å²) in [6.07, 6.45) is 5.39. The van der Waals surface area contributed by atoms with Gasteiger partial charge in [-0.15, -0.1) is 0 Å². The molecule has 2 aromatic heterocycles. The lowest BCUT2D eigenvalue weighted by molar-refractivity contribution is 0.0999. The summed E-state index contributed by atoms with van der Waals surface area (Å²) in [6.45, 7) is 0. The molecule has 0 radical (unpaired) electrons. The largest absolute Gasteiger partial charge is 0.305 e. The van der Waals surface area contributed by atoms with Crippen LogP contribution in [-0.2, 0) is 0 Å². The molecule has 0 atom stereocenters. The maximum absolute atomic E-state index is 13.3. The number of para-hydroxylation sites is 1. The molecule has 5 heteroatoms. The summed E-state index contributed by atoms with van der Waals surface area (Å²) in [4.78, 5) is 19.2. The number of hydrogen-bond donors (Lipinski definition) is 0. The van der Waals surface area contributed by atoms with Crippen LogP contribution in [0.5, 0.6) is 0 Å². The monoisotopic (exact) mass is 338 g/mol.